The first-order valence-corrected chi connectivity index (χ1v) is 10.4. The van der Waals surface area contributed by atoms with E-state index in [2.05, 4.69) is 72.1 Å². The third kappa shape index (κ3) is 4.22. The molecule has 0 aliphatic heterocycles. The smallest absolute Gasteiger partial charge is 0.00481 e. The Morgan fingerprint density at radius 1 is 0.760 bits per heavy atom. The van der Waals surface area contributed by atoms with Crippen LogP contribution in [0, 0.1) is 11.8 Å². The highest BCUT2D eigenvalue weighted by atomic mass is 32.1. The second kappa shape index (κ2) is 8.01. The highest BCUT2D eigenvalue weighted by molar-refractivity contribution is 7.09. The summed E-state index contributed by atoms with van der Waals surface area (Å²) in [5, 5.41) is 2.22. The molecule has 0 nitrogen and oxygen atoms in total. The van der Waals surface area contributed by atoms with Crippen LogP contribution in [0.5, 0.6) is 0 Å². The van der Waals surface area contributed by atoms with Crippen LogP contribution < -0.4 is 0 Å². The van der Waals surface area contributed by atoms with E-state index < -0.39 is 0 Å². The Morgan fingerprint density at radius 3 is 2.16 bits per heavy atom. The molecule has 0 spiro atoms. The van der Waals surface area contributed by atoms with Crippen LogP contribution in [0.25, 0.3) is 11.1 Å². The monoisotopic (exact) mass is 346 g/mol. The Morgan fingerprint density at radius 2 is 1.48 bits per heavy atom. The number of hydrogen-bond donors (Lipinski definition) is 0. The molecular weight excluding hydrogens is 320 g/mol. The zero-order valence-corrected chi connectivity index (χ0v) is 15.6. The number of thiophene rings is 1. The van der Waals surface area contributed by atoms with Crippen molar-refractivity contribution in [3.63, 3.8) is 0 Å². The molecule has 1 fully saturated rings. The van der Waals surface area contributed by atoms with E-state index in [0.717, 1.165) is 11.8 Å². The van der Waals surface area contributed by atoms with E-state index in [-0.39, 0.29) is 0 Å². The van der Waals surface area contributed by atoms with Gasteiger partial charge in [0.1, 0.15) is 0 Å². The van der Waals surface area contributed by atoms with Crippen molar-refractivity contribution in [2.75, 3.05) is 0 Å². The fourth-order valence-electron chi connectivity index (χ4n) is 4.29. The first-order valence-electron chi connectivity index (χ1n) is 9.55. The highest BCUT2D eigenvalue weighted by Crippen LogP contribution is 2.36. The molecule has 1 saturated carbocycles. The maximum atomic E-state index is 2.35. The highest BCUT2D eigenvalue weighted by Gasteiger charge is 2.25. The molecule has 1 aliphatic rings. The Hall–Kier alpha value is -1.86. The Labute approximate surface area is 155 Å². The lowest BCUT2D eigenvalue weighted by Crippen LogP contribution is -2.17. The summed E-state index contributed by atoms with van der Waals surface area (Å²) in [6.45, 7) is 0. The molecule has 0 amide bonds. The van der Waals surface area contributed by atoms with Crippen LogP contribution in [0.4, 0.5) is 0 Å². The third-order valence-corrected chi connectivity index (χ3v) is 6.57. The average molecular weight is 347 g/mol. The van der Waals surface area contributed by atoms with Crippen molar-refractivity contribution in [2.45, 2.75) is 38.5 Å². The molecule has 128 valence electrons. The molecule has 0 radical (unpaired) electrons. The standard InChI is InChI=1S/C24H26S/c1-2-7-20(8-3-1)22-14-12-19(13-15-22)17-23(21-9-4-5-10-21)18-24-11-6-16-25-24/h1-3,6-8,11-16,21,23H,4-5,9-10,17-18H2. The minimum atomic E-state index is 0.795. The van der Waals surface area contributed by atoms with Crippen molar-refractivity contribution >= 4 is 11.3 Å². The fraction of sp³-hybridized carbons (Fsp3) is 0.333. The predicted molar refractivity (Wildman–Crippen MR) is 109 cm³/mol. The lowest BCUT2D eigenvalue weighted by atomic mass is 9.82. The molecular formula is C24H26S. The van der Waals surface area contributed by atoms with Gasteiger partial charge in [-0.25, -0.2) is 0 Å². The van der Waals surface area contributed by atoms with Gasteiger partial charge in [0, 0.05) is 4.88 Å². The second-order valence-electron chi connectivity index (χ2n) is 7.36. The van der Waals surface area contributed by atoms with E-state index in [0.29, 0.717) is 0 Å². The summed E-state index contributed by atoms with van der Waals surface area (Å²) in [7, 11) is 0. The topological polar surface area (TPSA) is 0 Å². The van der Waals surface area contributed by atoms with Gasteiger partial charge in [0.15, 0.2) is 0 Å². The Kier molecular flexibility index (Phi) is 5.32. The van der Waals surface area contributed by atoms with Gasteiger partial charge in [-0.15, -0.1) is 11.3 Å². The minimum absolute atomic E-state index is 0.795. The molecule has 1 heteroatoms. The van der Waals surface area contributed by atoms with Crippen LogP contribution in [-0.2, 0) is 12.8 Å². The van der Waals surface area contributed by atoms with Crippen molar-refractivity contribution in [1.29, 1.82) is 0 Å². The molecule has 0 N–H and O–H groups in total. The van der Waals surface area contributed by atoms with E-state index >= 15 is 0 Å². The SMILES string of the molecule is c1ccc(-c2ccc(CC(Cc3cccs3)C3CCCC3)cc2)cc1. The Balaban J connectivity index is 1.49. The zero-order valence-electron chi connectivity index (χ0n) is 14.7. The molecule has 3 aromatic rings. The third-order valence-electron chi connectivity index (χ3n) is 5.67. The van der Waals surface area contributed by atoms with Crippen molar-refractivity contribution in [3.8, 4) is 11.1 Å². The lowest BCUT2D eigenvalue weighted by molar-refractivity contribution is 0.336. The van der Waals surface area contributed by atoms with Gasteiger partial charge in [-0.3, -0.25) is 0 Å². The second-order valence-corrected chi connectivity index (χ2v) is 8.39. The van der Waals surface area contributed by atoms with Crippen LogP contribution in [0.2, 0.25) is 0 Å². The van der Waals surface area contributed by atoms with Gasteiger partial charge < -0.3 is 0 Å². The summed E-state index contributed by atoms with van der Waals surface area (Å²) in [5.74, 6) is 1.71. The van der Waals surface area contributed by atoms with Gasteiger partial charge in [-0.1, -0.05) is 86.3 Å². The van der Waals surface area contributed by atoms with Crippen molar-refractivity contribution in [2.24, 2.45) is 11.8 Å². The molecule has 1 atom stereocenters. The molecule has 25 heavy (non-hydrogen) atoms. The molecule has 1 aliphatic carbocycles. The maximum absolute atomic E-state index is 2.35. The summed E-state index contributed by atoms with van der Waals surface area (Å²) in [5.41, 5.74) is 4.12. The van der Waals surface area contributed by atoms with Crippen LogP contribution in [0.1, 0.15) is 36.1 Å². The van der Waals surface area contributed by atoms with Crippen molar-refractivity contribution in [1.82, 2.24) is 0 Å². The first-order chi connectivity index (χ1) is 12.4. The molecule has 0 saturated heterocycles. The molecule has 1 aromatic heterocycles. The van der Waals surface area contributed by atoms with Gasteiger partial charge in [0.25, 0.3) is 0 Å². The minimum Gasteiger partial charge on any atom is -0.149 e. The largest absolute Gasteiger partial charge is 0.149 e. The van der Waals surface area contributed by atoms with Gasteiger partial charge in [0.05, 0.1) is 0 Å². The van der Waals surface area contributed by atoms with E-state index in [1.807, 2.05) is 11.3 Å². The van der Waals surface area contributed by atoms with Crippen molar-refractivity contribution < 1.29 is 0 Å². The first kappa shape index (κ1) is 16.6. The van der Waals surface area contributed by atoms with E-state index in [1.165, 1.54) is 55.2 Å². The lowest BCUT2D eigenvalue weighted by Gasteiger charge is -2.23. The Bertz CT molecular complexity index is 750. The predicted octanol–water partition coefficient (Wildman–Crippen LogP) is 7.01. The van der Waals surface area contributed by atoms with E-state index in [4.69, 9.17) is 0 Å². The van der Waals surface area contributed by atoms with Crippen LogP contribution >= 0.6 is 11.3 Å². The molecule has 2 aromatic carbocycles. The number of rotatable bonds is 6. The van der Waals surface area contributed by atoms with Gasteiger partial charge in [-0.2, -0.15) is 0 Å². The average Bonchev–Trinajstić information content (AvgIpc) is 3.37. The molecule has 1 heterocycles. The van der Waals surface area contributed by atoms with Crippen LogP contribution in [0.15, 0.2) is 72.1 Å². The van der Waals surface area contributed by atoms with Gasteiger partial charge in [0.2, 0.25) is 0 Å². The maximum Gasteiger partial charge on any atom is 0.00481 e. The van der Waals surface area contributed by atoms with Crippen molar-refractivity contribution in [3.05, 3.63) is 82.6 Å². The fourth-order valence-corrected chi connectivity index (χ4v) is 5.09. The van der Waals surface area contributed by atoms with E-state index in [1.54, 1.807) is 4.88 Å². The van der Waals surface area contributed by atoms with Gasteiger partial charge >= 0.3 is 0 Å². The van der Waals surface area contributed by atoms with Crippen LogP contribution in [-0.4, -0.2) is 0 Å². The van der Waals surface area contributed by atoms with Gasteiger partial charge in [-0.05, 0) is 52.8 Å². The normalized spacial score (nSPS) is 16.2. The number of benzene rings is 2. The molecule has 0 bridgehead atoms. The van der Waals surface area contributed by atoms with E-state index in [9.17, 15) is 0 Å². The summed E-state index contributed by atoms with van der Waals surface area (Å²) in [6, 6.07) is 24.5. The summed E-state index contributed by atoms with van der Waals surface area (Å²) in [6.07, 6.45) is 8.19. The molecule has 4 rings (SSSR count). The number of hydrogen-bond acceptors (Lipinski definition) is 1. The summed E-state index contributed by atoms with van der Waals surface area (Å²) >= 11 is 1.92. The zero-order chi connectivity index (χ0) is 16.9. The summed E-state index contributed by atoms with van der Waals surface area (Å²) < 4.78 is 0. The quantitative estimate of drug-likeness (QED) is 0.450. The summed E-state index contributed by atoms with van der Waals surface area (Å²) in [4.78, 5) is 1.55. The molecule has 1 unspecified atom stereocenters. The van der Waals surface area contributed by atoms with Crippen LogP contribution in [0.3, 0.4) is 0 Å².